The number of nitrogens with zero attached hydrogens (tertiary/aromatic N) is 1. The van der Waals surface area contributed by atoms with Crippen LogP contribution in [0.1, 0.15) is 0 Å². The third-order valence-corrected chi connectivity index (χ3v) is 6.88. The van der Waals surface area contributed by atoms with E-state index in [9.17, 15) is 0 Å². The molecular weight excluding hydrogens is 196 g/mol. The lowest BCUT2D eigenvalue weighted by atomic mass is 10.4. The molecule has 0 aliphatic heterocycles. The first-order valence-corrected chi connectivity index (χ1v) is 6.97. The highest BCUT2D eigenvalue weighted by Crippen LogP contribution is 2.53. The Kier molecular flexibility index (Phi) is 2.43. The lowest BCUT2D eigenvalue weighted by molar-refractivity contribution is 1.17. The van der Waals surface area contributed by atoms with E-state index in [2.05, 4.69) is 49.9 Å². The van der Waals surface area contributed by atoms with E-state index < -0.39 is 0 Å². The summed E-state index contributed by atoms with van der Waals surface area (Å²) >= 11 is 0. The molecule has 0 amide bonds. The molecule has 0 bridgehead atoms. The van der Waals surface area contributed by atoms with E-state index >= 15 is 0 Å². The van der Waals surface area contributed by atoms with E-state index in [1.54, 1.807) is 10.3 Å². The molecule has 2 aromatic rings. The summed E-state index contributed by atoms with van der Waals surface area (Å²) in [4.78, 5) is 2.27. The zero-order chi connectivity index (χ0) is 9.42. The molecule has 1 aromatic carbocycles. The third-order valence-electron chi connectivity index (χ3n) is 2.16. The van der Waals surface area contributed by atoms with Gasteiger partial charge in [-0.25, -0.2) is 0 Å². The van der Waals surface area contributed by atoms with Crippen LogP contribution in [0, 0.1) is 0 Å². The summed E-state index contributed by atoms with van der Waals surface area (Å²) in [5.74, 6) is 0. The molecule has 0 saturated heterocycles. The van der Waals surface area contributed by atoms with Crippen LogP contribution in [0.4, 0.5) is 5.15 Å². The smallest absolute Gasteiger partial charge is 0.0646 e. The van der Waals surface area contributed by atoms with Gasteiger partial charge in [0.15, 0.2) is 0 Å². The SMILES string of the molecule is CN(C)c1pc2ccccc2p1C. The molecule has 0 aliphatic rings. The van der Waals surface area contributed by atoms with E-state index in [-0.39, 0.29) is 7.53 Å². The van der Waals surface area contributed by atoms with Crippen LogP contribution in [0.15, 0.2) is 24.3 Å². The molecule has 13 heavy (non-hydrogen) atoms. The van der Waals surface area contributed by atoms with Crippen molar-refractivity contribution in [3.8, 4) is 0 Å². The van der Waals surface area contributed by atoms with Crippen LogP contribution >= 0.6 is 15.7 Å². The fourth-order valence-corrected chi connectivity index (χ4v) is 5.69. The number of fused-ring (bicyclic) bond motifs is 1. The van der Waals surface area contributed by atoms with Crippen LogP contribution in [0.3, 0.4) is 0 Å². The zero-order valence-corrected chi connectivity index (χ0v) is 9.94. The Labute approximate surface area is 81.5 Å². The van der Waals surface area contributed by atoms with Gasteiger partial charge in [0.1, 0.15) is 0 Å². The molecule has 1 nitrogen and oxygen atoms in total. The van der Waals surface area contributed by atoms with Gasteiger partial charge in [-0.15, -0.1) is 0 Å². The Morgan fingerprint density at radius 1 is 1.23 bits per heavy atom. The summed E-state index contributed by atoms with van der Waals surface area (Å²) in [6.45, 7) is 2.35. The molecule has 0 spiro atoms. The summed E-state index contributed by atoms with van der Waals surface area (Å²) in [5.41, 5.74) is 0. The monoisotopic (exact) mass is 209 g/mol. The Hall–Kier alpha value is -0.350. The van der Waals surface area contributed by atoms with Gasteiger partial charge in [-0.2, -0.15) is 0 Å². The van der Waals surface area contributed by atoms with Crippen LogP contribution in [0.25, 0.3) is 10.2 Å². The molecule has 0 N–H and O–H groups in total. The Morgan fingerprint density at radius 2 is 1.92 bits per heavy atom. The van der Waals surface area contributed by atoms with Gasteiger partial charge in [0.25, 0.3) is 0 Å². The van der Waals surface area contributed by atoms with Gasteiger partial charge < -0.3 is 0 Å². The maximum absolute atomic E-state index is 2.35. The number of benzene rings is 1. The number of hydrogen-bond donors (Lipinski definition) is 0. The van der Waals surface area contributed by atoms with Crippen molar-refractivity contribution >= 4 is 31.1 Å². The maximum Gasteiger partial charge on any atom is 0.0646 e. The van der Waals surface area contributed by atoms with Crippen LogP contribution in [0.2, 0.25) is 0 Å². The number of anilines is 1. The van der Waals surface area contributed by atoms with Crippen LogP contribution in [-0.4, -0.2) is 14.1 Å². The molecule has 1 atom stereocenters. The van der Waals surface area contributed by atoms with E-state index in [4.69, 9.17) is 0 Å². The van der Waals surface area contributed by atoms with Crippen LogP contribution < -0.4 is 4.90 Å². The molecule has 0 fully saturated rings. The summed E-state index contributed by atoms with van der Waals surface area (Å²) in [6.07, 6.45) is 0. The highest BCUT2D eigenvalue weighted by atomic mass is 31.1. The lowest BCUT2D eigenvalue weighted by Crippen LogP contribution is -2.04. The molecule has 1 heterocycles. The minimum atomic E-state index is -0.0535. The van der Waals surface area contributed by atoms with Crippen LogP contribution in [0.5, 0.6) is 0 Å². The van der Waals surface area contributed by atoms with Crippen molar-refractivity contribution in [3.05, 3.63) is 24.3 Å². The highest BCUT2D eigenvalue weighted by molar-refractivity contribution is 7.71. The predicted octanol–water partition coefficient (Wildman–Crippen LogP) is 4.01. The van der Waals surface area contributed by atoms with Gasteiger partial charge in [-0.1, -0.05) is 19.7 Å². The van der Waals surface area contributed by atoms with Crippen LogP contribution in [-0.2, 0) is 6.66 Å². The summed E-state index contributed by atoms with van der Waals surface area (Å²) in [7, 11) is 5.65. The highest BCUT2D eigenvalue weighted by Gasteiger charge is 2.07. The van der Waals surface area contributed by atoms with Crippen molar-refractivity contribution in [1.82, 2.24) is 0 Å². The quantitative estimate of drug-likeness (QED) is 0.685. The topological polar surface area (TPSA) is 3.24 Å². The van der Waals surface area contributed by atoms with E-state index in [1.165, 1.54) is 13.3 Å². The first kappa shape index (κ1) is 9.21. The number of hydrogen-bond acceptors (Lipinski definition) is 1. The van der Waals surface area contributed by atoms with Gasteiger partial charge in [0, 0.05) is 10.2 Å². The Morgan fingerprint density at radius 3 is 2.54 bits per heavy atom. The molecular formula is C10H13NP2. The first-order valence-electron chi connectivity index (χ1n) is 4.29. The summed E-state index contributed by atoms with van der Waals surface area (Å²) in [5, 5.41) is 4.62. The molecule has 1 aromatic heterocycles. The lowest BCUT2D eigenvalue weighted by Gasteiger charge is -2.07. The number of rotatable bonds is 1. The number of aryl methyl sites for hydroxylation is 1. The second-order valence-corrected chi connectivity index (χ2v) is 6.86. The second-order valence-electron chi connectivity index (χ2n) is 3.35. The molecule has 2 rings (SSSR count). The molecule has 0 saturated carbocycles. The maximum atomic E-state index is 2.35. The van der Waals surface area contributed by atoms with Gasteiger partial charge in [0.2, 0.25) is 0 Å². The van der Waals surface area contributed by atoms with Gasteiger partial charge in [-0.05, 0) is 41.1 Å². The average Bonchev–Trinajstić information content (AvgIpc) is 2.45. The molecule has 0 aliphatic carbocycles. The Balaban J connectivity index is 2.74. The molecule has 68 valence electrons. The normalized spacial score (nSPS) is 13.4. The van der Waals surface area contributed by atoms with Crippen molar-refractivity contribution in [2.75, 3.05) is 19.0 Å². The fraction of sp³-hybridized carbons (Fsp3) is 0.300. The second kappa shape index (κ2) is 3.42. The summed E-state index contributed by atoms with van der Waals surface area (Å²) in [6, 6.07) is 8.79. The van der Waals surface area contributed by atoms with Crippen molar-refractivity contribution in [3.63, 3.8) is 0 Å². The van der Waals surface area contributed by atoms with Crippen molar-refractivity contribution in [2.45, 2.75) is 0 Å². The average molecular weight is 209 g/mol. The predicted molar refractivity (Wildman–Crippen MR) is 64.5 cm³/mol. The van der Waals surface area contributed by atoms with Crippen molar-refractivity contribution < 1.29 is 0 Å². The van der Waals surface area contributed by atoms with Crippen molar-refractivity contribution in [2.24, 2.45) is 6.66 Å². The van der Waals surface area contributed by atoms with Gasteiger partial charge in [-0.3, -0.25) is 4.90 Å². The molecule has 0 radical (unpaired) electrons. The van der Waals surface area contributed by atoms with Crippen molar-refractivity contribution in [1.29, 1.82) is 0 Å². The third kappa shape index (κ3) is 1.53. The standard InChI is InChI=1S/C10H13NP2/c1-11(2)10-12-8-6-4-5-7-9(8)13(10)3/h4-7H,1-3H3. The Bertz CT molecular complexity index is 431. The largest absolute Gasteiger partial charge is 0.274 e. The molecule has 1 unspecified atom stereocenters. The first-order chi connectivity index (χ1) is 6.20. The summed E-state index contributed by atoms with van der Waals surface area (Å²) < 4.78 is 0. The van der Waals surface area contributed by atoms with E-state index in [1.807, 2.05) is 0 Å². The van der Waals surface area contributed by atoms with Gasteiger partial charge in [0.05, 0.1) is 5.15 Å². The minimum absolute atomic E-state index is 0.0535. The zero-order valence-electron chi connectivity index (χ0n) is 8.15. The van der Waals surface area contributed by atoms with E-state index in [0.29, 0.717) is 0 Å². The van der Waals surface area contributed by atoms with E-state index in [0.717, 1.165) is 0 Å². The fourth-order valence-electron chi connectivity index (χ4n) is 1.53. The minimum Gasteiger partial charge on any atom is -0.274 e. The molecule has 3 heteroatoms. The van der Waals surface area contributed by atoms with Gasteiger partial charge >= 0.3 is 0 Å².